The molecule has 0 atom stereocenters. The van der Waals surface area contributed by atoms with Gasteiger partial charge in [-0.2, -0.15) is 0 Å². The van der Waals surface area contributed by atoms with Crippen molar-refractivity contribution in [2.24, 2.45) is 0 Å². The van der Waals surface area contributed by atoms with Gasteiger partial charge in [0.1, 0.15) is 26.0 Å². The van der Waals surface area contributed by atoms with E-state index in [4.69, 9.17) is 0 Å². The predicted molar refractivity (Wildman–Crippen MR) is 139 cm³/mol. The Morgan fingerprint density at radius 1 is 0.574 bits per heavy atom. The second-order valence-electron chi connectivity index (χ2n) is 8.78. The van der Waals surface area contributed by atoms with Gasteiger partial charge in [0.25, 0.3) is 11.8 Å². The maximum absolute atomic E-state index is 12.9. The number of nitrogens with one attached hydrogen (secondary N) is 2. The maximum Gasteiger partial charge on any atom is 1.00 e. The SMILES string of the molecule is O=C([O-])c1cc(C(=O)[O-])cc(C(=O)Nc2ccc(C(=O)Nc3cc(S(=O)(=O)[O-])cc4cc(S(=O)(=O)[O-])cc(O)c34)cc2)c1.[Na+].[Na+].[Na+].[Na+]. The molecular formula is C26H14N2Na4O13S2. The Bertz CT molecular complexity index is 2050. The van der Waals surface area contributed by atoms with Gasteiger partial charge in [-0.05, 0) is 83.2 Å². The van der Waals surface area contributed by atoms with Crippen LogP contribution >= 0.6 is 0 Å². The molecule has 4 aromatic rings. The number of benzene rings is 4. The molecule has 0 radical (unpaired) electrons. The van der Waals surface area contributed by atoms with E-state index in [2.05, 4.69) is 10.6 Å². The number of rotatable bonds is 8. The fourth-order valence-electron chi connectivity index (χ4n) is 3.92. The summed E-state index contributed by atoms with van der Waals surface area (Å²) >= 11 is 0. The van der Waals surface area contributed by atoms with Crippen LogP contribution in [0.4, 0.5) is 11.4 Å². The number of aromatic hydroxyl groups is 1. The van der Waals surface area contributed by atoms with E-state index in [1.54, 1.807) is 0 Å². The molecule has 4 aromatic carbocycles. The molecular weight excluding hydrogens is 704 g/mol. The van der Waals surface area contributed by atoms with Crippen LogP contribution in [0, 0.1) is 0 Å². The Hall–Kier alpha value is -1.36. The first-order valence-corrected chi connectivity index (χ1v) is 14.3. The van der Waals surface area contributed by atoms with Crippen molar-refractivity contribution in [3.05, 3.63) is 89.0 Å². The van der Waals surface area contributed by atoms with Gasteiger partial charge in [-0.25, -0.2) is 16.8 Å². The molecule has 0 aliphatic carbocycles. The summed E-state index contributed by atoms with van der Waals surface area (Å²) in [4.78, 5) is 46.0. The minimum Gasteiger partial charge on any atom is -0.744 e. The van der Waals surface area contributed by atoms with E-state index in [0.29, 0.717) is 6.07 Å². The largest absolute Gasteiger partial charge is 1.00 e. The van der Waals surface area contributed by atoms with Gasteiger partial charge in [-0.3, -0.25) is 9.59 Å². The second kappa shape index (κ2) is 18.0. The Labute approximate surface area is 355 Å². The second-order valence-corrected chi connectivity index (χ2v) is 11.5. The van der Waals surface area contributed by atoms with Gasteiger partial charge in [-0.15, -0.1) is 0 Å². The van der Waals surface area contributed by atoms with E-state index >= 15 is 0 Å². The van der Waals surface area contributed by atoms with Crippen molar-refractivity contribution in [2.45, 2.75) is 9.79 Å². The van der Waals surface area contributed by atoms with E-state index in [1.807, 2.05) is 0 Å². The minimum absolute atomic E-state index is 0. The Balaban J connectivity index is 0.00000529. The van der Waals surface area contributed by atoms with Crippen LogP contribution < -0.4 is 139 Å². The Kier molecular flexibility index (Phi) is 17.5. The molecule has 0 heterocycles. The minimum atomic E-state index is -5.16. The summed E-state index contributed by atoms with van der Waals surface area (Å²) in [7, 11) is -10.3. The molecule has 21 heteroatoms. The summed E-state index contributed by atoms with van der Waals surface area (Å²) in [6, 6.07) is 10.1. The number of carbonyl (C=O) groups is 4. The number of carbonyl (C=O) groups excluding carboxylic acids is 4. The first kappa shape index (κ1) is 45.6. The summed E-state index contributed by atoms with van der Waals surface area (Å²) in [5.41, 5.74) is -1.97. The number of hydrogen-bond acceptors (Lipinski definition) is 13. The molecule has 222 valence electrons. The standard InChI is InChI=1S/C26H18N2O13S2.4Na/c29-21-11-19(43(39,40)41)9-13-8-18(42(36,37)38)10-20(22(13)21)28-23(30)12-1-3-17(4-2-12)27-24(31)14-5-15(25(32)33)7-16(6-14)26(34)35;;;;/h1-11,29H,(H,27,31)(H,28,30)(H,32,33)(H,34,35)(H,36,37,38)(H,39,40,41);;;;/q;4*+1/p-4. The third-order valence-electron chi connectivity index (χ3n) is 5.87. The van der Waals surface area contributed by atoms with Gasteiger partial charge >= 0.3 is 118 Å². The average Bonchev–Trinajstić information content (AvgIpc) is 2.91. The summed E-state index contributed by atoms with van der Waals surface area (Å²) in [5, 5.41) is 36.7. The molecule has 0 bridgehead atoms. The number of amides is 2. The number of aromatic carboxylic acids is 2. The maximum atomic E-state index is 12.9. The molecule has 0 spiro atoms. The van der Waals surface area contributed by atoms with Gasteiger partial charge in [0.15, 0.2) is 0 Å². The van der Waals surface area contributed by atoms with Gasteiger partial charge < -0.3 is 44.6 Å². The number of carboxylic acids is 2. The van der Waals surface area contributed by atoms with Gasteiger partial charge in [0.05, 0.1) is 27.4 Å². The van der Waals surface area contributed by atoms with Gasteiger partial charge in [0, 0.05) is 22.2 Å². The van der Waals surface area contributed by atoms with Crippen LogP contribution in [0.3, 0.4) is 0 Å². The third-order valence-corrected chi connectivity index (χ3v) is 7.50. The molecule has 0 aromatic heterocycles. The van der Waals surface area contributed by atoms with E-state index in [1.165, 1.54) is 24.3 Å². The van der Waals surface area contributed by atoms with Crippen LogP contribution in [0.5, 0.6) is 5.75 Å². The van der Waals surface area contributed by atoms with Gasteiger partial charge in [-0.1, -0.05) is 0 Å². The van der Waals surface area contributed by atoms with E-state index in [0.717, 1.165) is 36.4 Å². The quantitative estimate of drug-likeness (QED) is 0.113. The fraction of sp³-hybridized carbons (Fsp3) is 0. The first-order chi connectivity index (χ1) is 19.9. The van der Waals surface area contributed by atoms with Crippen LogP contribution in [0.25, 0.3) is 10.8 Å². The molecule has 3 N–H and O–H groups in total. The molecule has 47 heavy (non-hydrogen) atoms. The van der Waals surface area contributed by atoms with Crippen LogP contribution in [0.2, 0.25) is 0 Å². The molecule has 0 saturated heterocycles. The van der Waals surface area contributed by atoms with Crippen molar-refractivity contribution >= 4 is 66.1 Å². The summed E-state index contributed by atoms with van der Waals surface area (Å²) in [6.07, 6.45) is 0. The van der Waals surface area contributed by atoms with Crippen LogP contribution in [-0.4, -0.2) is 54.8 Å². The van der Waals surface area contributed by atoms with Crippen molar-refractivity contribution in [3.8, 4) is 5.75 Å². The summed E-state index contributed by atoms with van der Waals surface area (Å²) in [5.74, 6) is -6.12. The number of carboxylic acid groups (broad SMARTS) is 2. The van der Waals surface area contributed by atoms with Crippen molar-refractivity contribution in [2.75, 3.05) is 10.6 Å². The molecule has 2 amide bonds. The smallest absolute Gasteiger partial charge is 0.744 e. The average molecular weight is 718 g/mol. The van der Waals surface area contributed by atoms with Gasteiger partial charge in [0.2, 0.25) is 0 Å². The summed E-state index contributed by atoms with van der Waals surface area (Å²) in [6.45, 7) is 0. The molecule has 15 nitrogen and oxygen atoms in total. The molecule has 0 saturated carbocycles. The number of anilines is 2. The zero-order chi connectivity index (χ0) is 31.9. The fourth-order valence-corrected chi connectivity index (χ4v) is 4.98. The topological polar surface area (TPSA) is 273 Å². The first-order valence-electron chi connectivity index (χ1n) is 11.5. The Morgan fingerprint density at radius 3 is 1.45 bits per heavy atom. The molecule has 0 aliphatic heterocycles. The number of fused-ring (bicyclic) bond motifs is 1. The number of phenols is 1. The number of hydrogen-bond donors (Lipinski definition) is 3. The van der Waals surface area contributed by atoms with E-state index in [-0.39, 0.29) is 146 Å². The van der Waals surface area contributed by atoms with Crippen LogP contribution in [0.15, 0.2) is 76.5 Å². The summed E-state index contributed by atoms with van der Waals surface area (Å²) < 4.78 is 69.3. The molecule has 4 rings (SSSR count). The van der Waals surface area contributed by atoms with Crippen molar-refractivity contribution in [1.29, 1.82) is 0 Å². The molecule has 0 aliphatic rings. The predicted octanol–water partition coefficient (Wildman–Crippen LogP) is -12.4. The Morgan fingerprint density at radius 2 is 1.00 bits per heavy atom. The normalized spacial score (nSPS) is 10.6. The number of phenolic OH excluding ortho intramolecular Hbond substituents is 1. The molecule has 0 fully saturated rings. The zero-order valence-electron chi connectivity index (χ0n) is 25.0. The van der Waals surface area contributed by atoms with Crippen molar-refractivity contribution in [1.82, 2.24) is 0 Å². The van der Waals surface area contributed by atoms with E-state index in [9.17, 15) is 60.4 Å². The van der Waals surface area contributed by atoms with E-state index < -0.39 is 76.3 Å². The monoisotopic (exact) mass is 718 g/mol. The zero-order valence-corrected chi connectivity index (χ0v) is 34.6. The molecule has 0 unspecified atom stereocenters. The third kappa shape index (κ3) is 11.3. The van der Waals surface area contributed by atoms with Crippen LogP contribution in [0.1, 0.15) is 41.4 Å². The van der Waals surface area contributed by atoms with Crippen molar-refractivity contribution in [3.63, 3.8) is 0 Å². The van der Waals surface area contributed by atoms with Crippen molar-refractivity contribution < 1.29 is 179 Å². The van der Waals surface area contributed by atoms with Crippen LogP contribution in [-0.2, 0) is 20.2 Å².